The van der Waals surface area contributed by atoms with E-state index in [-0.39, 0.29) is 24.1 Å². The first-order valence-electron chi connectivity index (χ1n) is 7.22. The van der Waals surface area contributed by atoms with E-state index in [0.717, 1.165) is 31.6 Å². The lowest BCUT2D eigenvalue weighted by atomic mass is 9.73. The van der Waals surface area contributed by atoms with Crippen molar-refractivity contribution in [1.29, 1.82) is 0 Å². The van der Waals surface area contributed by atoms with Crippen molar-refractivity contribution >= 4 is 5.91 Å². The second-order valence-electron chi connectivity index (χ2n) is 5.77. The third-order valence-electron chi connectivity index (χ3n) is 4.32. The van der Waals surface area contributed by atoms with Gasteiger partial charge >= 0.3 is 0 Å². The SMILES string of the molecule is Cc1cc(COCC(=O)NC2CCNC23CCC3)no1. The molecule has 0 radical (unpaired) electrons. The zero-order valence-electron chi connectivity index (χ0n) is 11.8. The minimum absolute atomic E-state index is 0.0507. The molecule has 1 aliphatic carbocycles. The van der Waals surface area contributed by atoms with Crippen molar-refractivity contribution in [2.24, 2.45) is 0 Å². The Morgan fingerprint density at radius 1 is 1.65 bits per heavy atom. The van der Waals surface area contributed by atoms with Gasteiger partial charge in [-0.1, -0.05) is 5.16 Å². The highest BCUT2D eigenvalue weighted by atomic mass is 16.5. The van der Waals surface area contributed by atoms with Gasteiger partial charge in [0.15, 0.2) is 0 Å². The number of nitrogens with one attached hydrogen (secondary N) is 2. The average Bonchev–Trinajstić information content (AvgIpc) is 2.95. The van der Waals surface area contributed by atoms with E-state index in [2.05, 4.69) is 15.8 Å². The molecule has 2 aliphatic rings. The van der Waals surface area contributed by atoms with Crippen LogP contribution in [0.5, 0.6) is 0 Å². The van der Waals surface area contributed by atoms with Crippen LogP contribution in [0.3, 0.4) is 0 Å². The molecule has 2 N–H and O–H groups in total. The quantitative estimate of drug-likeness (QED) is 0.837. The van der Waals surface area contributed by atoms with Crippen molar-refractivity contribution < 1.29 is 14.1 Å². The zero-order chi connectivity index (χ0) is 14.0. The molecule has 1 amide bonds. The highest BCUT2D eigenvalue weighted by Gasteiger charge is 2.47. The topological polar surface area (TPSA) is 76.4 Å². The molecule has 0 aromatic carbocycles. The first kappa shape index (κ1) is 13.6. The van der Waals surface area contributed by atoms with Crippen LogP contribution in [-0.4, -0.2) is 35.8 Å². The summed E-state index contributed by atoms with van der Waals surface area (Å²) in [4.78, 5) is 11.9. The van der Waals surface area contributed by atoms with Crippen molar-refractivity contribution in [3.8, 4) is 0 Å². The Kier molecular flexibility index (Phi) is 3.76. The molecule has 1 aromatic rings. The molecule has 6 heteroatoms. The predicted octanol–water partition coefficient (Wildman–Crippen LogP) is 0.900. The summed E-state index contributed by atoms with van der Waals surface area (Å²) in [6, 6.07) is 2.06. The standard InChI is InChI=1S/C14H21N3O3/c1-10-7-11(17-20-10)8-19-9-13(18)16-12-3-6-15-14(12)4-2-5-14/h7,12,15H,2-6,8-9H2,1H3,(H,16,18). The van der Waals surface area contributed by atoms with E-state index in [9.17, 15) is 4.79 Å². The molecule has 3 rings (SSSR count). The molecule has 6 nitrogen and oxygen atoms in total. The maximum atomic E-state index is 11.9. The molecule has 0 bridgehead atoms. The highest BCUT2D eigenvalue weighted by molar-refractivity contribution is 5.77. The molecule has 1 unspecified atom stereocenters. The number of amides is 1. The van der Waals surface area contributed by atoms with Gasteiger partial charge in [-0.05, 0) is 39.2 Å². The van der Waals surface area contributed by atoms with Gasteiger partial charge in [-0.15, -0.1) is 0 Å². The van der Waals surface area contributed by atoms with Crippen LogP contribution in [0.25, 0.3) is 0 Å². The second-order valence-corrected chi connectivity index (χ2v) is 5.77. The van der Waals surface area contributed by atoms with Gasteiger partial charge in [0.2, 0.25) is 5.91 Å². The van der Waals surface area contributed by atoms with E-state index >= 15 is 0 Å². The Balaban J connectivity index is 1.41. The van der Waals surface area contributed by atoms with Crippen LogP contribution < -0.4 is 10.6 Å². The number of carbonyl (C=O) groups excluding carboxylic acids is 1. The number of hydrogen-bond acceptors (Lipinski definition) is 5. The summed E-state index contributed by atoms with van der Waals surface area (Å²) in [7, 11) is 0. The van der Waals surface area contributed by atoms with Gasteiger partial charge in [-0.3, -0.25) is 4.79 Å². The summed E-state index contributed by atoms with van der Waals surface area (Å²) >= 11 is 0. The second kappa shape index (κ2) is 5.54. The number of carbonyl (C=O) groups is 1. The lowest BCUT2D eigenvalue weighted by molar-refractivity contribution is -0.127. The van der Waals surface area contributed by atoms with Gasteiger partial charge in [-0.25, -0.2) is 0 Å². The molecule has 110 valence electrons. The van der Waals surface area contributed by atoms with Crippen molar-refractivity contribution in [3.05, 3.63) is 17.5 Å². The normalized spacial score (nSPS) is 23.8. The van der Waals surface area contributed by atoms with E-state index in [0.29, 0.717) is 12.3 Å². The zero-order valence-corrected chi connectivity index (χ0v) is 11.8. The number of aromatic nitrogens is 1. The molecule has 1 saturated heterocycles. The Morgan fingerprint density at radius 2 is 2.50 bits per heavy atom. The maximum absolute atomic E-state index is 11.9. The summed E-state index contributed by atoms with van der Waals surface area (Å²) in [6.07, 6.45) is 4.59. The number of aryl methyl sites for hydroxylation is 1. The van der Waals surface area contributed by atoms with E-state index in [1.54, 1.807) is 0 Å². The van der Waals surface area contributed by atoms with Crippen LogP contribution in [-0.2, 0) is 16.1 Å². The molecule has 1 spiro atoms. The first-order valence-corrected chi connectivity index (χ1v) is 7.22. The Hall–Kier alpha value is -1.40. The van der Waals surface area contributed by atoms with Crippen LogP contribution >= 0.6 is 0 Å². The fourth-order valence-corrected chi connectivity index (χ4v) is 3.13. The Morgan fingerprint density at radius 3 is 3.15 bits per heavy atom. The van der Waals surface area contributed by atoms with Crippen LogP contribution in [0.1, 0.15) is 37.1 Å². The number of nitrogens with zero attached hydrogens (tertiary/aromatic N) is 1. The monoisotopic (exact) mass is 279 g/mol. The van der Waals surface area contributed by atoms with Crippen LogP contribution in [0, 0.1) is 6.92 Å². The lowest BCUT2D eigenvalue weighted by Gasteiger charge is -2.43. The van der Waals surface area contributed by atoms with Gasteiger partial charge in [0, 0.05) is 17.6 Å². The Bertz CT molecular complexity index is 482. The summed E-state index contributed by atoms with van der Waals surface area (Å²) < 4.78 is 10.3. The third-order valence-corrected chi connectivity index (χ3v) is 4.32. The number of ether oxygens (including phenoxy) is 1. The molecule has 1 saturated carbocycles. The summed E-state index contributed by atoms with van der Waals surface area (Å²) in [5, 5.41) is 10.4. The minimum atomic E-state index is -0.0507. The fraction of sp³-hybridized carbons (Fsp3) is 0.714. The van der Waals surface area contributed by atoms with E-state index < -0.39 is 0 Å². The predicted molar refractivity (Wildman–Crippen MR) is 72.0 cm³/mol. The van der Waals surface area contributed by atoms with Crippen molar-refractivity contribution in [2.45, 2.75) is 50.8 Å². The van der Waals surface area contributed by atoms with Gasteiger partial charge in [-0.2, -0.15) is 0 Å². The molecule has 1 aromatic heterocycles. The van der Waals surface area contributed by atoms with Gasteiger partial charge in [0.1, 0.15) is 18.1 Å². The molecular weight excluding hydrogens is 258 g/mol. The largest absolute Gasteiger partial charge is 0.365 e. The molecule has 2 heterocycles. The van der Waals surface area contributed by atoms with E-state index in [1.165, 1.54) is 6.42 Å². The van der Waals surface area contributed by atoms with Crippen molar-refractivity contribution in [3.63, 3.8) is 0 Å². The third kappa shape index (κ3) is 2.71. The lowest BCUT2D eigenvalue weighted by Crippen LogP contribution is -2.59. The average molecular weight is 279 g/mol. The molecule has 1 atom stereocenters. The van der Waals surface area contributed by atoms with E-state index in [4.69, 9.17) is 9.26 Å². The van der Waals surface area contributed by atoms with Crippen molar-refractivity contribution in [2.75, 3.05) is 13.2 Å². The molecule has 1 aliphatic heterocycles. The minimum Gasteiger partial charge on any atom is -0.365 e. The molecular formula is C14H21N3O3. The first-order chi connectivity index (χ1) is 9.68. The van der Waals surface area contributed by atoms with Crippen LogP contribution in [0.2, 0.25) is 0 Å². The molecule has 2 fully saturated rings. The van der Waals surface area contributed by atoms with Gasteiger partial charge < -0.3 is 19.9 Å². The van der Waals surface area contributed by atoms with Gasteiger partial charge in [0.25, 0.3) is 0 Å². The van der Waals surface area contributed by atoms with E-state index in [1.807, 2.05) is 13.0 Å². The van der Waals surface area contributed by atoms with Gasteiger partial charge in [0.05, 0.1) is 6.61 Å². The van der Waals surface area contributed by atoms with Crippen molar-refractivity contribution in [1.82, 2.24) is 15.8 Å². The van der Waals surface area contributed by atoms with Crippen LogP contribution in [0.15, 0.2) is 10.6 Å². The Labute approximate surface area is 118 Å². The summed E-state index contributed by atoms with van der Waals surface area (Å²) in [5.41, 5.74) is 0.882. The van der Waals surface area contributed by atoms with Crippen LogP contribution in [0.4, 0.5) is 0 Å². The smallest absolute Gasteiger partial charge is 0.246 e. The summed E-state index contributed by atoms with van der Waals surface area (Å²) in [5.74, 6) is 0.696. The number of hydrogen-bond donors (Lipinski definition) is 2. The molecule has 20 heavy (non-hydrogen) atoms. The maximum Gasteiger partial charge on any atom is 0.246 e. The fourth-order valence-electron chi connectivity index (χ4n) is 3.13. The number of rotatable bonds is 5. The summed E-state index contributed by atoms with van der Waals surface area (Å²) in [6.45, 7) is 3.19. The highest BCUT2D eigenvalue weighted by Crippen LogP contribution is 2.39.